The summed E-state index contributed by atoms with van der Waals surface area (Å²) in [6.45, 7) is 1.81. The molecule has 0 aromatic carbocycles. The number of nitrogens with zero attached hydrogens (tertiary/aromatic N) is 2. The van der Waals surface area contributed by atoms with Crippen LogP contribution in [0.15, 0.2) is 0 Å². The summed E-state index contributed by atoms with van der Waals surface area (Å²) in [6, 6.07) is -0.481. The molecule has 2 aliphatic rings. The molecular weight excluding hydrogens is 280 g/mol. The lowest BCUT2D eigenvalue weighted by atomic mass is 9.94. The number of hydrogen-bond donors (Lipinski definition) is 1. The van der Waals surface area contributed by atoms with Crippen LogP contribution in [0.3, 0.4) is 0 Å². The van der Waals surface area contributed by atoms with Crippen molar-refractivity contribution in [1.82, 2.24) is 9.55 Å². The van der Waals surface area contributed by atoms with Crippen LogP contribution in [0.25, 0.3) is 0 Å². The summed E-state index contributed by atoms with van der Waals surface area (Å²) in [5.74, 6) is -2.30. The minimum absolute atomic E-state index is 0.150. The quantitative estimate of drug-likeness (QED) is 0.932. The van der Waals surface area contributed by atoms with Crippen molar-refractivity contribution >= 4 is 6.03 Å². The molecule has 0 saturated heterocycles. The molecular formula is C14H19F2N3O2. The van der Waals surface area contributed by atoms with Crippen LogP contribution in [0.5, 0.6) is 6.01 Å². The summed E-state index contributed by atoms with van der Waals surface area (Å²) < 4.78 is 33.3. The zero-order chi connectivity index (χ0) is 15.2. The molecule has 0 unspecified atom stereocenters. The first-order chi connectivity index (χ1) is 9.87. The average molecular weight is 299 g/mol. The second kappa shape index (κ2) is 4.96. The summed E-state index contributed by atoms with van der Waals surface area (Å²) in [7, 11) is 0. The molecule has 0 spiro atoms. The van der Waals surface area contributed by atoms with E-state index in [1.807, 2.05) is 6.92 Å². The number of rotatable bonds is 3. The molecule has 0 atom stereocenters. The van der Waals surface area contributed by atoms with Crippen molar-refractivity contribution in [2.45, 2.75) is 63.4 Å². The van der Waals surface area contributed by atoms with E-state index in [-0.39, 0.29) is 37.8 Å². The molecule has 2 N–H and O–H groups in total. The van der Waals surface area contributed by atoms with Crippen LogP contribution in [0.1, 0.15) is 55.8 Å². The van der Waals surface area contributed by atoms with Gasteiger partial charge < -0.3 is 10.5 Å². The third-order valence-electron chi connectivity index (χ3n) is 4.19. The summed E-state index contributed by atoms with van der Waals surface area (Å²) >= 11 is 0. The van der Waals surface area contributed by atoms with Gasteiger partial charge in [-0.1, -0.05) is 0 Å². The van der Waals surface area contributed by atoms with Gasteiger partial charge in [-0.3, -0.25) is 0 Å². The molecule has 2 aliphatic carbocycles. The Balaban J connectivity index is 1.79. The Bertz CT molecular complexity index is 557. The van der Waals surface area contributed by atoms with Gasteiger partial charge in [0, 0.05) is 18.8 Å². The molecule has 3 rings (SSSR count). The SMILES string of the molecule is Cc1nc(OC2CCC(F)(F)CC2)n(C(N)=O)c1C1CC1. The van der Waals surface area contributed by atoms with Crippen LogP contribution in [0.4, 0.5) is 13.6 Å². The van der Waals surface area contributed by atoms with E-state index in [4.69, 9.17) is 10.5 Å². The summed E-state index contributed by atoms with van der Waals surface area (Å²) in [4.78, 5) is 16.0. The average Bonchev–Trinajstić information content (AvgIpc) is 3.16. The molecule has 5 nitrogen and oxygen atoms in total. The van der Waals surface area contributed by atoms with E-state index in [0.29, 0.717) is 5.92 Å². The van der Waals surface area contributed by atoms with Gasteiger partial charge in [-0.2, -0.15) is 4.98 Å². The molecule has 0 radical (unpaired) electrons. The van der Waals surface area contributed by atoms with Gasteiger partial charge in [-0.15, -0.1) is 0 Å². The smallest absolute Gasteiger partial charge is 0.327 e. The maximum atomic E-state index is 13.2. The second-order valence-electron chi connectivity index (χ2n) is 5.99. The number of hydrogen-bond acceptors (Lipinski definition) is 3. The predicted octanol–water partition coefficient (Wildman–Crippen LogP) is 2.95. The number of alkyl halides is 2. The fraction of sp³-hybridized carbons (Fsp3) is 0.714. The molecule has 21 heavy (non-hydrogen) atoms. The zero-order valence-corrected chi connectivity index (χ0v) is 11.9. The summed E-state index contributed by atoms with van der Waals surface area (Å²) in [5, 5.41) is 0. The monoisotopic (exact) mass is 299 g/mol. The lowest BCUT2D eigenvalue weighted by Crippen LogP contribution is -2.32. The normalized spacial score (nSPS) is 22.2. The van der Waals surface area contributed by atoms with Crippen molar-refractivity contribution in [2.75, 3.05) is 0 Å². The number of nitrogens with two attached hydrogens (primary N) is 1. The maximum absolute atomic E-state index is 13.2. The number of carbonyl (C=O) groups is 1. The van der Waals surface area contributed by atoms with Crippen LogP contribution in [-0.2, 0) is 0 Å². The van der Waals surface area contributed by atoms with E-state index in [9.17, 15) is 13.6 Å². The third kappa shape index (κ3) is 2.87. The number of aryl methyl sites for hydroxylation is 1. The van der Waals surface area contributed by atoms with Crippen molar-refractivity contribution in [3.8, 4) is 6.01 Å². The highest BCUT2D eigenvalue weighted by atomic mass is 19.3. The van der Waals surface area contributed by atoms with Crippen molar-refractivity contribution in [3.63, 3.8) is 0 Å². The van der Waals surface area contributed by atoms with Gasteiger partial charge >= 0.3 is 12.0 Å². The van der Waals surface area contributed by atoms with Crippen LogP contribution < -0.4 is 10.5 Å². The molecule has 0 aliphatic heterocycles. The van der Waals surface area contributed by atoms with Crippen molar-refractivity contribution in [3.05, 3.63) is 11.4 Å². The highest BCUT2D eigenvalue weighted by Gasteiger charge is 2.37. The second-order valence-corrected chi connectivity index (χ2v) is 5.99. The lowest BCUT2D eigenvalue weighted by Gasteiger charge is -2.28. The number of aromatic nitrogens is 2. The molecule has 2 saturated carbocycles. The Kier molecular flexibility index (Phi) is 3.37. The van der Waals surface area contributed by atoms with Crippen LogP contribution >= 0.6 is 0 Å². The zero-order valence-electron chi connectivity index (χ0n) is 11.9. The molecule has 7 heteroatoms. The number of amides is 1. The minimum Gasteiger partial charge on any atom is -0.461 e. The lowest BCUT2D eigenvalue weighted by molar-refractivity contribution is -0.0596. The standard InChI is InChI=1S/C14H19F2N3O2/c1-8-11(9-2-3-9)19(12(17)20)13(18-8)21-10-4-6-14(15,16)7-5-10/h9-10H,2-7H2,1H3,(H2,17,20). The molecule has 0 bridgehead atoms. The Morgan fingerprint density at radius 3 is 2.48 bits per heavy atom. The number of halogens is 2. The van der Waals surface area contributed by atoms with E-state index < -0.39 is 12.0 Å². The van der Waals surface area contributed by atoms with E-state index in [1.165, 1.54) is 4.57 Å². The number of imidazole rings is 1. The highest BCUT2D eigenvalue weighted by molar-refractivity contribution is 5.77. The Labute approximate surface area is 121 Å². The van der Waals surface area contributed by atoms with Crippen molar-refractivity contribution in [2.24, 2.45) is 5.73 Å². The fourth-order valence-corrected chi connectivity index (χ4v) is 2.92. The summed E-state index contributed by atoms with van der Waals surface area (Å²) in [6.07, 6.45) is 1.82. The fourth-order valence-electron chi connectivity index (χ4n) is 2.92. The van der Waals surface area contributed by atoms with Crippen molar-refractivity contribution < 1.29 is 18.3 Å². The Hall–Kier alpha value is -1.66. The topological polar surface area (TPSA) is 70.1 Å². The first kappa shape index (κ1) is 14.3. The molecule has 1 aromatic heterocycles. The van der Waals surface area contributed by atoms with E-state index in [2.05, 4.69) is 4.98 Å². The van der Waals surface area contributed by atoms with Crippen molar-refractivity contribution in [1.29, 1.82) is 0 Å². The first-order valence-corrected chi connectivity index (χ1v) is 7.31. The van der Waals surface area contributed by atoms with Gasteiger partial charge in [0.25, 0.3) is 0 Å². The molecule has 1 amide bonds. The minimum atomic E-state index is -2.60. The number of ether oxygens (including phenoxy) is 1. The van der Waals surface area contributed by atoms with Gasteiger partial charge in [-0.25, -0.2) is 18.1 Å². The third-order valence-corrected chi connectivity index (χ3v) is 4.19. The molecule has 2 fully saturated rings. The van der Waals surface area contributed by atoms with Crippen LogP contribution in [0, 0.1) is 6.92 Å². The summed E-state index contributed by atoms with van der Waals surface area (Å²) in [5.41, 5.74) is 6.96. The maximum Gasteiger partial charge on any atom is 0.327 e. The van der Waals surface area contributed by atoms with Gasteiger partial charge in [-0.05, 0) is 32.6 Å². The van der Waals surface area contributed by atoms with Crippen LogP contribution in [-0.4, -0.2) is 27.6 Å². The highest BCUT2D eigenvalue weighted by Crippen LogP contribution is 2.43. The molecule has 116 valence electrons. The van der Waals surface area contributed by atoms with Crippen LogP contribution in [0.2, 0.25) is 0 Å². The van der Waals surface area contributed by atoms with E-state index in [1.54, 1.807) is 0 Å². The van der Waals surface area contributed by atoms with Gasteiger partial charge in [0.05, 0.1) is 11.4 Å². The predicted molar refractivity (Wildman–Crippen MR) is 71.8 cm³/mol. The first-order valence-electron chi connectivity index (χ1n) is 7.31. The van der Waals surface area contributed by atoms with Gasteiger partial charge in [0.15, 0.2) is 0 Å². The number of carbonyl (C=O) groups excluding carboxylic acids is 1. The van der Waals surface area contributed by atoms with Gasteiger partial charge in [0.2, 0.25) is 5.92 Å². The van der Waals surface area contributed by atoms with Gasteiger partial charge in [0.1, 0.15) is 6.10 Å². The Morgan fingerprint density at radius 2 is 1.95 bits per heavy atom. The van der Waals surface area contributed by atoms with E-state index in [0.717, 1.165) is 24.2 Å². The number of primary amides is 1. The molecule has 1 aromatic rings. The Morgan fingerprint density at radius 1 is 1.33 bits per heavy atom. The molecule has 1 heterocycles. The largest absolute Gasteiger partial charge is 0.461 e. The van der Waals surface area contributed by atoms with E-state index >= 15 is 0 Å².